The van der Waals surface area contributed by atoms with Gasteiger partial charge in [-0.2, -0.15) is 5.10 Å². The number of amides is 1. The molecule has 0 spiro atoms. The molecule has 2 N–H and O–H groups in total. The number of carbonyl (C=O) groups is 1. The van der Waals surface area contributed by atoms with E-state index in [1.807, 2.05) is 18.7 Å². The first-order valence-electron chi connectivity index (χ1n) is 6.13. The molecule has 18 heavy (non-hydrogen) atoms. The maximum Gasteiger partial charge on any atom is 0.244 e. The standard InChI is InChI=1S/C12H20N4O2/c1-8-12(13)9(2)16(14-8)7-11(17)15-5-4-10(6-15)18-3/h10H,4-7,13H2,1-3H3. The van der Waals surface area contributed by atoms with Gasteiger partial charge in [0.1, 0.15) is 6.54 Å². The van der Waals surface area contributed by atoms with Gasteiger partial charge in [-0.3, -0.25) is 9.48 Å². The molecule has 6 nitrogen and oxygen atoms in total. The Kier molecular flexibility index (Phi) is 3.56. The highest BCUT2D eigenvalue weighted by Crippen LogP contribution is 2.16. The van der Waals surface area contributed by atoms with E-state index in [9.17, 15) is 4.79 Å². The second-order valence-electron chi connectivity index (χ2n) is 4.73. The molecule has 1 saturated heterocycles. The summed E-state index contributed by atoms with van der Waals surface area (Å²) in [4.78, 5) is 13.9. The van der Waals surface area contributed by atoms with Crippen LogP contribution < -0.4 is 5.73 Å². The van der Waals surface area contributed by atoms with Crippen LogP contribution >= 0.6 is 0 Å². The van der Waals surface area contributed by atoms with Gasteiger partial charge >= 0.3 is 0 Å². The molecule has 1 aromatic rings. The number of aromatic nitrogens is 2. The maximum atomic E-state index is 12.1. The van der Waals surface area contributed by atoms with Crippen molar-refractivity contribution in [1.29, 1.82) is 0 Å². The van der Waals surface area contributed by atoms with E-state index in [4.69, 9.17) is 10.5 Å². The number of carbonyl (C=O) groups excluding carboxylic acids is 1. The summed E-state index contributed by atoms with van der Waals surface area (Å²) in [6.07, 6.45) is 1.07. The fourth-order valence-corrected chi connectivity index (χ4v) is 2.24. The highest BCUT2D eigenvalue weighted by Gasteiger charge is 2.26. The Bertz CT molecular complexity index is 455. The van der Waals surface area contributed by atoms with Crippen molar-refractivity contribution in [1.82, 2.24) is 14.7 Å². The van der Waals surface area contributed by atoms with E-state index < -0.39 is 0 Å². The van der Waals surface area contributed by atoms with E-state index in [1.54, 1.807) is 11.8 Å². The molecule has 6 heteroatoms. The van der Waals surface area contributed by atoms with Crippen molar-refractivity contribution >= 4 is 11.6 Å². The molecule has 0 saturated carbocycles. The zero-order valence-electron chi connectivity index (χ0n) is 11.1. The third-order valence-electron chi connectivity index (χ3n) is 3.55. The van der Waals surface area contributed by atoms with Crippen molar-refractivity contribution in [2.75, 3.05) is 25.9 Å². The van der Waals surface area contributed by atoms with Gasteiger partial charge in [-0.1, -0.05) is 0 Å². The first-order valence-corrected chi connectivity index (χ1v) is 6.13. The van der Waals surface area contributed by atoms with Gasteiger partial charge in [0.05, 0.1) is 23.2 Å². The zero-order valence-corrected chi connectivity index (χ0v) is 11.1. The summed E-state index contributed by atoms with van der Waals surface area (Å²) in [5.41, 5.74) is 8.14. The molecule has 0 radical (unpaired) electrons. The van der Waals surface area contributed by atoms with Crippen LogP contribution in [-0.2, 0) is 16.1 Å². The van der Waals surface area contributed by atoms with Gasteiger partial charge < -0.3 is 15.4 Å². The molecular formula is C12H20N4O2. The SMILES string of the molecule is COC1CCN(C(=O)Cn2nc(C)c(N)c2C)C1. The predicted molar refractivity (Wildman–Crippen MR) is 68.1 cm³/mol. The van der Waals surface area contributed by atoms with Crippen LogP contribution in [0.1, 0.15) is 17.8 Å². The third-order valence-corrected chi connectivity index (χ3v) is 3.55. The van der Waals surface area contributed by atoms with Crippen LogP contribution in [0.15, 0.2) is 0 Å². The van der Waals surface area contributed by atoms with Crippen molar-refractivity contribution in [3.8, 4) is 0 Å². The van der Waals surface area contributed by atoms with Crippen molar-refractivity contribution in [3.63, 3.8) is 0 Å². The van der Waals surface area contributed by atoms with Gasteiger partial charge in [-0.25, -0.2) is 0 Å². The fraction of sp³-hybridized carbons (Fsp3) is 0.667. The summed E-state index contributed by atoms with van der Waals surface area (Å²) >= 11 is 0. The van der Waals surface area contributed by atoms with Crippen molar-refractivity contribution < 1.29 is 9.53 Å². The maximum absolute atomic E-state index is 12.1. The van der Waals surface area contributed by atoms with Crippen LogP contribution in [-0.4, -0.2) is 46.9 Å². The Morgan fingerprint density at radius 3 is 2.78 bits per heavy atom. The molecule has 100 valence electrons. The number of hydrogen-bond acceptors (Lipinski definition) is 4. The Morgan fingerprint density at radius 2 is 2.28 bits per heavy atom. The molecule has 0 bridgehead atoms. The highest BCUT2D eigenvalue weighted by molar-refractivity contribution is 5.76. The number of hydrogen-bond donors (Lipinski definition) is 1. The fourth-order valence-electron chi connectivity index (χ4n) is 2.24. The average Bonchev–Trinajstić information content (AvgIpc) is 2.92. The zero-order chi connectivity index (χ0) is 13.3. The van der Waals surface area contributed by atoms with Gasteiger partial charge in [0, 0.05) is 20.2 Å². The van der Waals surface area contributed by atoms with Crippen LogP contribution in [0.4, 0.5) is 5.69 Å². The molecule has 1 aliphatic rings. The quantitative estimate of drug-likeness (QED) is 0.841. The first-order chi connectivity index (χ1) is 8.52. The molecule has 1 atom stereocenters. The molecule has 1 aromatic heterocycles. The minimum absolute atomic E-state index is 0.0696. The summed E-state index contributed by atoms with van der Waals surface area (Å²) < 4.78 is 6.93. The number of nitrogens with two attached hydrogens (primary N) is 1. The lowest BCUT2D eigenvalue weighted by Gasteiger charge is -2.16. The Labute approximate surface area is 107 Å². The minimum atomic E-state index is 0.0696. The minimum Gasteiger partial charge on any atom is -0.396 e. The number of ether oxygens (including phenoxy) is 1. The van der Waals surface area contributed by atoms with Crippen molar-refractivity contribution in [3.05, 3.63) is 11.4 Å². The number of anilines is 1. The largest absolute Gasteiger partial charge is 0.396 e. The van der Waals surface area contributed by atoms with E-state index >= 15 is 0 Å². The number of likely N-dealkylation sites (tertiary alicyclic amines) is 1. The third kappa shape index (κ3) is 2.33. The van der Waals surface area contributed by atoms with Crippen LogP contribution in [0.25, 0.3) is 0 Å². The highest BCUT2D eigenvalue weighted by atomic mass is 16.5. The lowest BCUT2D eigenvalue weighted by molar-refractivity contribution is -0.131. The Balaban J connectivity index is 2.01. The molecule has 0 aromatic carbocycles. The lowest BCUT2D eigenvalue weighted by Crippen LogP contribution is -2.33. The summed E-state index contributed by atoms with van der Waals surface area (Å²) in [5, 5.41) is 4.27. The second-order valence-corrected chi connectivity index (χ2v) is 4.73. The van der Waals surface area contributed by atoms with Gasteiger partial charge in [-0.05, 0) is 20.3 Å². The lowest BCUT2D eigenvalue weighted by atomic mass is 10.3. The van der Waals surface area contributed by atoms with Crippen LogP contribution in [0.5, 0.6) is 0 Å². The molecule has 1 fully saturated rings. The van der Waals surface area contributed by atoms with E-state index in [0.717, 1.165) is 24.4 Å². The normalized spacial score (nSPS) is 19.5. The average molecular weight is 252 g/mol. The molecule has 2 heterocycles. The van der Waals surface area contributed by atoms with Gasteiger partial charge in [0.2, 0.25) is 5.91 Å². The Morgan fingerprint density at radius 1 is 1.56 bits per heavy atom. The molecule has 1 unspecified atom stereocenters. The Hall–Kier alpha value is -1.56. The van der Waals surface area contributed by atoms with E-state index in [0.29, 0.717) is 12.2 Å². The molecular weight excluding hydrogens is 232 g/mol. The van der Waals surface area contributed by atoms with Gasteiger partial charge in [0.15, 0.2) is 0 Å². The predicted octanol–water partition coefficient (Wildman–Crippen LogP) is 0.329. The van der Waals surface area contributed by atoms with Crippen molar-refractivity contribution in [2.45, 2.75) is 32.9 Å². The van der Waals surface area contributed by atoms with Gasteiger partial charge in [0.25, 0.3) is 0 Å². The van der Waals surface area contributed by atoms with Gasteiger partial charge in [-0.15, -0.1) is 0 Å². The van der Waals surface area contributed by atoms with Crippen LogP contribution in [0, 0.1) is 13.8 Å². The van der Waals surface area contributed by atoms with E-state index in [2.05, 4.69) is 5.10 Å². The molecule has 1 aliphatic heterocycles. The monoisotopic (exact) mass is 252 g/mol. The van der Waals surface area contributed by atoms with Crippen LogP contribution in [0.3, 0.4) is 0 Å². The topological polar surface area (TPSA) is 73.4 Å². The van der Waals surface area contributed by atoms with E-state index in [1.165, 1.54) is 0 Å². The molecule has 1 amide bonds. The number of nitrogen functional groups attached to an aromatic ring is 1. The van der Waals surface area contributed by atoms with E-state index in [-0.39, 0.29) is 18.6 Å². The number of aryl methyl sites for hydroxylation is 1. The van der Waals surface area contributed by atoms with Crippen molar-refractivity contribution in [2.24, 2.45) is 0 Å². The first kappa shape index (κ1) is 12.9. The molecule has 2 rings (SSSR count). The van der Waals surface area contributed by atoms with Crippen LogP contribution in [0.2, 0.25) is 0 Å². The summed E-state index contributed by atoms with van der Waals surface area (Å²) in [6.45, 7) is 5.40. The molecule has 0 aliphatic carbocycles. The smallest absolute Gasteiger partial charge is 0.244 e. The second kappa shape index (κ2) is 4.97. The summed E-state index contributed by atoms with van der Waals surface area (Å²) in [6, 6.07) is 0. The number of methoxy groups -OCH3 is 1. The summed E-state index contributed by atoms with van der Waals surface area (Å²) in [7, 11) is 1.68. The number of nitrogens with zero attached hydrogens (tertiary/aromatic N) is 3. The number of rotatable bonds is 3. The summed E-state index contributed by atoms with van der Waals surface area (Å²) in [5.74, 6) is 0.0696.